The molecule has 0 amide bonds. The molecule has 0 aliphatic heterocycles. The first-order chi connectivity index (χ1) is 8.53. The van der Waals surface area contributed by atoms with Crippen LogP contribution in [0.25, 0.3) is 0 Å². The van der Waals surface area contributed by atoms with Crippen LogP contribution in [0.5, 0.6) is 0 Å². The molecule has 0 aliphatic rings. The second-order valence-corrected chi connectivity index (χ2v) is 5.77. The molecule has 0 fully saturated rings. The number of hydrogen-bond donors (Lipinski definition) is 1. The first-order valence-corrected chi connectivity index (χ1v) is 7.48. The van der Waals surface area contributed by atoms with E-state index in [0.717, 1.165) is 30.9 Å². The summed E-state index contributed by atoms with van der Waals surface area (Å²) in [6.45, 7) is 7.14. The minimum absolute atomic E-state index is 0.227. The van der Waals surface area contributed by atoms with Crippen molar-refractivity contribution in [3.8, 4) is 6.07 Å². The van der Waals surface area contributed by atoms with E-state index in [0.29, 0.717) is 5.56 Å². The fourth-order valence-corrected chi connectivity index (χ4v) is 2.89. The Bertz CT molecular complexity index is 432. The predicted octanol–water partition coefficient (Wildman–Crippen LogP) is 2.93. The summed E-state index contributed by atoms with van der Waals surface area (Å²) in [4.78, 5) is 0. The van der Waals surface area contributed by atoms with Crippen molar-refractivity contribution in [1.29, 1.82) is 5.26 Å². The molecular formula is C13H22N4S. The van der Waals surface area contributed by atoms with E-state index < -0.39 is 0 Å². The fourth-order valence-electron chi connectivity index (χ4n) is 2.10. The second-order valence-electron chi connectivity index (χ2n) is 4.49. The SMILES string of the molecule is CCC(CC)(CNc1c(C#N)c(C)nn1C)SC. The molecule has 5 heteroatoms. The summed E-state index contributed by atoms with van der Waals surface area (Å²) in [6.07, 6.45) is 4.36. The highest BCUT2D eigenvalue weighted by Gasteiger charge is 2.25. The zero-order valence-electron chi connectivity index (χ0n) is 11.9. The Labute approximate surface area is 114 Å². The highest BCUT2D eigenvalue weighted by molar-refractivity contribution is 8.00. The summed E-state index contributed by atoms with van der Waals surface area (Å²) in [6, 6.07) is 2.22. The Kier molecular flexibility index (Phi) is 5.09. The van der Waals surface area contributed by atoms with Gasteiger partial charge in [0.25, 0.3) is 0 Å². The third-order valence-corrected chi connectivity index (χ3v) is 5.22. The number of anilines is 1. The lowest BCUT2D eigenvalue weighted by atomic mass is 10.0. The molecule has 100 valence electrons. The van der Waals surface area contributed by atoms with Crippen LogP contribution in [0, 0.1) is 18.3 Å². The maximum Gasteiger partial charge on any atom is 0.142 e. The van der Waals surface area contributed by atoms with Gasteiger partial charge in [-0.15, -0.1) is 0 Å². The third-order valence-electron chi connectivity index (χ3n) is 3.63. The van der Waals surface area contributed by atoms with Crippen LogP contribution in [0.15, 0.2) is 0 Å². The molecule has 1 N–H and O–H groups in total. The topological polar surface area (TPSA) is 53.6 Å². The highest BCUT2D eigenvalue weighted by Crippen LogP contribution is 2.31. The Hall–Kier alpha value is -1.15. The van der Waals surface area contributed by atoms with Crippen molar-refractivity contribution in [2.45, 2.75) is 38.4 Å². The van der Waals surface area contributed by atoms with E-state index in [2.05, 4.69) is 36.6 Å². The van der Waals surface area contributed by atoms with Crippen molar-refractivity contribution in [3.05, 3.63) is 11.3 Å². The van der Waals surface area contributed by atoms with E-state index >= 15 is 0 Å². The molecule has 0 spiro atoms. The molecule has 0 bridgehead atoms. The quantitative estimate of drug-likeness (QED) is 0.860. The summed E-state index contributed by atoms with van der Waals surface area (Å²) in [5, 5.41) is 16.9. The first kappa shape index (κ1) is 14.9. The van der Waals surface area contributed by atoms with Crippen LogP contribution in [0.4, 0.5) is 5.82 Å². The Morgan fingerprint density at radius 3 is 2.50 bits per heavy atom. The smallest absolute Gasteiger partial charge is 0.142 e. The lowest BCUT2D eigenvalue weighted by Gasteiger charge is -2.30. The van der Waals surface area contributed by atoms with Crippen molar-refractivity contribution in [2.24, 2.45) is 7.05 Å². The number of hydrogen-bond acceptors (Lipinski definition) is 4. The molecule has 0 unspecified atom stereocenters. The van der Waals surface area contributed by atoms with Crippen LogP contribution in [0.3, 0.4) is 0 Å². The average Bonchev–Trinajstić information content (AvgIpc) is 2.66. The molecule has 0 atom stereocenters. The zero-order valence-corrected chi connectivity index (χ0v) is 12.7. The first-order valence-electron chi connectivity index (χ1n) is 6.26. The zero-order chi connectivity index (χ0) is 13.8. The molecule has 18 heavy (non-hydrogen) atoms. The van der Waals surface area contributed by atoms with Gasteiger partial charge in [0.05, 0.1) is 5.69 Å². The van der Waals surface area contributed by atoms with E-state index in [4.69, 9.17) is 5.26 Å². The molecule has 0 saturated heterocycles. The monoisotopic (exact) mass is 266 g/mol. The maximum atomic E-state index is 9.17. The molecule has 1 aromatic heterocycles. The van der Waals surface area contributed by atoms with Crippen molar-refractivity contribution < 1.29 is 0 Å². The van der Waals surface area contributed by atoms with Crippen molar-refractivity contribution in [1.82, 2.24) is 9.78 Å². The normalized spacial score (nSPS) is 11.3. The molecule has 1 aromatic rings. The van der Waals surface area contributed by atoms with Crippen LogP contribution in [-0.2, 0) is 7.05 Å². The van der Waals surface area contributed by atoms with Crippen molar-refractivity contribution in [3.63, 3.8) is 0 Å². The second kappa shape index (κ2) is 6.14. The largest absolute Gasteiger partial charge is 0.368 e. The number of nitriles is 1. The number of nitrogens with one attached hydrogen (secondary N) is 1. The van der Waals surface area contributed by atoms with Crippen LogP contribution in [0.2, 0.25) is 0 Å². The number of nitrogens with zero attached hydrogens (tertiary/aromatic N) is 3. The molecule has 1 rings (SSSR count). The van der Waals surface area contributed by atoms with Crippen LogP contribution < -0.4 is 5.32 Å². The van der Waals surface area contributed by atoms with Crippen LogP contribution >= 0.6 is 11.8 Å². The van der Waals surface area contributed by atoms with E-state index in [1.165, 1.54) is 0 Å². The standard InChI is InChI=1S/C13H22N4S/c1-6-13(7-2,18-5)9-15-12-11(8-14)10(3)16-17(12)4/h15H,6-7,9H2,1-5H3. The maximum absolute atomic E-state index is 9.17. The Morgan fingerprint density at radius 2 is 2.06 bits per heavy atom. The number of aromatic nitrogens is 2. The molecule has 0 aliphatic carbocycles. The number of thioether (sulfide) groups is 1. The Morgan fingerprint density at radius 1 is 1.44 bits per heavy atom. The fraction of sp³-hybridized carbons (Fsp3) is 0.692. The van der Waals surface area contributed by atoms with Gasteiger partial charge in [-0.1, -0.05) is 13.8 Å². The van der Waals surface area contributed by atoms with Gasteiger partial charge in [0.2, 0.25) is 0 Å². The highest BCUT2D eigenvalue weighted by atomic mass is 32.2. The lowest BCUT2D eigenvalue weighted by Crippen LogP contribution is -2.32. The third kappa shape index (κ3) is 2.81. The van der Waals surface area contributed by atoms with Gasteiger partial charge >= 0.3 is 0 Å². The summed E-state index contributed by atoms with van der Waals surface area (Å²) in [7, 11) is 1.87. The van der Waals surface area contributed by atoms with Crippen molar-refractivity contribution in [2.75, 3.05) is 18.1 Å². The summed E-state index contributed by atoms with van der Waals surface area (Å²) >= 11 is 1.89. The molecule has 0 radical (unpaired) electrons. The van der Waals surface area contributed by atoms with Gasteiger partial charge in [0, 0.05) is 18.3 Å². The van der Waals surface area contributed by atoms with Gasteiger partial charge in [-0.2, -0.15) is 22.1 Å². The predicted molar refractivity (Wildman–Crippen MR) is 78.0 cm³/mol. The van der Waals surface area contributed by atoms with Gasteiger partial charge in [-0.05, 0) is 26.0 Å². The van der Waals surface area contributed by atoms with E-state index in [1.54, 1.807) is 4.68 Å². The molecular weight excluding hydrogens is 244 g/mol. The number of rotatable bonds is 6. The lowest BCUT2D eigenvalue weighted by molar-refractivity contribution is 0.571. The summed E-state index contributed by atoms with van der Waals surface area (Å²) in [5.74, 6) is 0.829. The van der Waals surface area contributed by atoms with Gasteiger partial charge in [0.15, 0.2) is 0 Å². The van der Waals surface area contributed by atoms with Gasteiger partial charge in [-0.3, -0.25) is 4.68 Å². The van der Waals surface area contributed by atoms with E-state index in [1.807, 2.05) is 25.7 Å². The Balaban J connectivity index is 2.90. The van der Waals surface area contributed by atoms with Gasteiger partial charge in [-0.25, -0.2) is 0 Å². The molecule has 4 nitrogen and oxygen atoms in total. The minimum atomic E-state index is 0.227. The average molecular weight is 266 g/mol. The van der Waals surface area contributed by atoms with E-state index in [9.17, 15) is 0 Å². The van der Waals surface area contributed by atoms with E-state index in [-0.39, 0.29) is 4.75 Å². The molecule has 0 aromatic carbocycles. The molecule has 1 heterocycles. The summed E-state index contributed by atoms with van der Waals surface area (Å²) in [5.41, 5.74) is 1.44. The van der Waals surface area contributed by atoms with Crippen LogP contribution in [-0.4, -0.2) is 27.3 Å². The summed E-state index contributed by atoms with van der Waals surface area (Å²) < 4.78 is 1.98. The minimum Gasteiger partial charge on any atom is -0.368 e. The number of aryl methyl sites for hydroxylation is 2. The van der Waals surface area contributed by atoms with Gasteiger partial charge < -0.3 is 5.32 Å². The van der Waals surface area contributed by atoms with Crippen molar-refractivity contribution >= 4 is 17.6 Å². The van der Waals surface area contributed by atoms with Crippen LogP contribution in [0.1, 0.15) is 37.9 Å². The molecule has 0 saturated carbocycles. The van der Waals surface area contributed by atoms with Gasteiger partial charge in [0.1, 0.15) is 17.5 Å².